The first kappa shape index (κ1) is 13.6. The van der Waals surface area contributed by atoms with E-state index < -0.39 is 0 Å². The molecular formula is C16H16ClNO. The average Bonchev–Trinajstić information content (AvgIpc) is 2.39. The third-order valence-corrected chi connectivity index (χ3v) is 3.10. The summed E-state index contributed by atoms with van der Waals surface area (Å²) in [5.41, 5.74) is 2.51. The highest BCUT2D eigenvalue weighted by Crippen LogP contribution is 2.17. The molecular weight excluding hydrogens is 258 g/mol. The van der Waals surface area contributed by atoms with Gasteiger partial charge < -0.3 is 5.32 Å². The number of carbonyl (C=O) groups excluding carboxylic acids is 1. The zero-order valence-electron chi connectivity index (χ0n) is 10.8. The molecule has 0 unspecified atom stereocenters. The number of benzene rings is 2. The second-order valence-electron chi connectivity index (χ2n) is 4.37. The van der Waals surface area contributed by atoms with E-state index in [1.165, 1.54) is 0 Å². The van der Waals surface area contributed by atoms with E-state index in [-0.39, 0.29) is 5.91 Å². The van der Waals surface area contributed by atoms with Crippen molar-refractivity contribution in [2.75, 3.05) is 5.32 Å². The number of halogens is 1. The fraction of sp³-hybridized carbons (Fsp3) is 0.188. The van der Waals surface area contributed by atoms with Crippen molar-refractivity contribution < 1.29 is 4.79 Å². The SMILES string of the molecule is CCCc1ccccc1C(=O)Nc1cccc(Cl)c1. The second kappa shape index (κ2) is 6.39. The topological polar surface area (TPSA) is 29.1 Å². The fourth-order valence-corrected chi connectivity index (χ4v) is 2.18. The van der Waals surface area contributed by atoms with Crippen molar-refractivity contribution in [3.05, 3.63) is 64.7 Å². The normalized spacial score (nSPS) is 10.2. The molecule has 2 aromatic carbocycles. The Hall–Kier alpha value is -1.80. The van der Waals surface area contributed by atoms with Crippen LogP contribution in [0.1, 0.15) is 29.3 Å². The lowest BCUT2D eigenvalue weighted by Crippen LogP contribution is -2.14. The molecule has 19 heavy (non-hydrogen) atoms. The van der Waals surface area contributed by atoms with Crippen molar-refractivity contribution in [3.8, 4) is 0 Å². The van der Waals surface area contributed by atoms with Crippen molar-refractivity contribution in [3.63, 3.8) is 0 Å². The van der Waals surface area contributed by atoms with Gasteiger partial charge in [-0.3, -0.25) is 4.79 Å². The number of nitrogens with one attached hydrogen (secondary N) is 1. The maximum atomic E-state index is 12.3. The fourth-order valence-electron chi connectivity index (χ4n) is 1.99. The molecule has 2 aromatic rings. The van der Waals surface area contributed by atoms with Gasteiger partial charge in [-0.2, -0.15) is 0 Å². The minimum absolute atomic E-state index is 0.0914. The van der Waals surface area contributed by atoms with Crippen molar-refractivity contribution >= 4 is 23.2 Å². The van der Waals surface area contributed by atoms with Gasteiger partial charge in [-0.15, -0.1) is 0 Å². The van der Waals surface area contributed by atoms with E-state index in [0.29, 0.717) is 10.7 Å². The zero-order valence-corrected chi connectivity index (χ0v) is 11.6. The Balaban J connectivity index is 2.20. The van der Waals surface area contributed by atoms with Crippen molar-refractivity contribution in [2.45, 2.75) is 19.8 Å². The number of hydrogen-bond donors (Lipinski definition) is 1. The van der Waals surface area contributed by atoms with E-state index in [0.717, 1.165) is 24.0 Å². The molecule has 0 aliphatic carbocycles. The number of aryl methyl sites for hydroxylation is 1. The molecule has 2 rings (SSSR count). The molecule has 1 N–H and O–H groups in total. The van der Waals surface area contributed by atoms with Gasteiger partial charge in [0.15, 0.2) is 0 Å². The quantitative estimate of drug-likeness (QED) is 0.870. The number of anilines is 1. The Morgan fingerprint density at radius 3 is 2.68 bits per heavy atom. The first-order valence-corrected chi connectivity index (χ1v) is 6.73. The Bertz CT molecular complexity index is 580. The highest BCUT2D eigenvalue weighted by Gasteiger charge is 2.10. The monoisotopic (exact) mass is 273 g/mol. The Kier molecular flexibility index (Phi) is 4.58. The van der Waals surface area contributed by atoms with Gasteiger partial charge in [0.1, 0.15) is 0 Å². The van der Waals surface area contributed by atoms with E-state index in [2.05, 4.69) is 12.2 Å². The summed E-state index contributed by atoms with van der Waals surface area (Å²) >= 11 is 5.90. The first-order chi connectivity index (χ1) is 9.20. The Labute approximate surface area is 118 Å². The molecule has 0 spiro atoms. The largest absolute Gasteiger partial charge is 0.322 e. The van der Waals surface area contributed by atoms with Crippen LogP contribution in [0.4, 0.5) is 5.69 Å². The lowest BCUT2D eigenvalue weighted by molar-refractivity contribution is 0.102. The number of carbonyl (C=O) groups is 1. The Morgan fingerprint density at radius 2 is 1.95 bits per heavy atom. The third-order valence-electron chi connectivity index (χ3n) is 2.86. The molecule has 0 saturated carbocycles. The van der Waals surface area contributed by atoms with Crippen LogP contribution in [-0.2, 0) is 6.42 Å². The van der Waals surface area contributed by atoms with Crippen molar-refractivity contribution in [1.82, 2.24) is 0 Å². The maximum absolute atomic E-state index is 12.3. The van der Waals surface area contributed by atoms with E-state index in [9.17, 15) is 4.79 Å². The van der Waals surface area contributed by atoms with Gasteiger partial charge in [0.05, 0.1) is 0 Å². The van der Waals surface area contributed by atoms with Gasteiger partial charge in [-0.05, 0) is 36.2 Å². The summed E-state index contributed by atoms with van der Waals surface area (Å²) in [6.07, 6.45) is 1.92. The molecule has 98 valence electrons. The summed E-state index contributed by atoms with van der Waals surface area (Å²) in [4.78, 5) is 12.3. The highest BCUT2D eigenvalue weighted by atomic mass is 35.5. The minimum atomic E-state index is -0.0914. The summed E-state index contributed by atoms with van der Waals surface area (Å²) in [6.45, 7) is 2.10. The van der Waals surface area contributed by atoms with Gasteiger partial charge in [0, 0.05) is 16.3 Å². The molecule has 0 atom stereocenters. The number of hydrogen-bond acceptors (Lipinski definition) is 1. The van der Waals surface area contributed by atoms with Crippen LogP contribution >= 0.6 is 11.6 Å². The molecule has 1 amide bonds. The van der Waals surface area contributed by atoms with Gasteiger partial charge in [-0.1, -0.05) is 49.2 Å². The van der Waals surface area contributed by atoms with Crippen molar-refractivity contribution in [2.24, 2.45) is 0 Å². The standard InChI is InChI=1S/C16H16ClNO/c1-2-6-12-7-3-4-10-15(12)16(19)18-14-9-5-8-13(17)11-14/h3-5,7-11H,2,6H2,1H3,(H,18,19). The molecule has 0 aliphatic rings. The minimum Gasteiger partial charge on any atom is -0.322 e. The first-order valence-electron chi connectivity index (χ1n) is 6.35. The van der Waals surface area contributed by atoms with Crippen LogP contribution in [0.25, 0.3) is 0 Å². The Morgan fingerprint density at radius 1 is 1.16 bits per heavy atom. The lowest BCUT2D eigenvalue weighted by Gasteiger charge is -2.09. The predicted octanol–water partition coefficient (Wildman–Crippen LogP) is 4.54. The average molecular weight is 274 g/mol. The zero-order chi connectivity index (χ0) is 13.7. The summed E-state index contributed by atoms with van der Waals surface area (Å²) < 4.78 is 0. The van der Waals surface area contributed by atoms with Crippen LogP contribution in [0, 0.1) is 0 Å². The number of rotatable bonds is 4. The van der Waals surface area contributed by atoms with Gasteiger partial charge >= 0.3 is 0 Å². The van der Waals surface area contributed by atoms with E-state index >= 15 is 0 Å². The van der Waals surface area contributed by atoms with Crippen LogP contribution in [-0.4, -0.2) is 5.91 Å². The summed E-state index contributed by atoms with van der Waals surface area (Å²) in [5.74, 6) is -0.0914. The van der Waals surface area contributed by atoms with Gasteiger partial charge in [0.25, 0.3) is 5.91 Å². The summed E-state index contributed by atoms with van der Waals surface area (Å²) in [5, 5.41) is 3.49. The highest BCUT2D eigenvalue weighted by molar-refractivity contribution is 6.30. The summed E-state index contributed by atoms with van der Waals surface area (Å²) in [7, 11) is 0. The second-order valence-corrected chi connectivity index (χ2v) is 4.81. The van der Waals surface area contributed by atoms with E-state index in [1.807, 2.05) is 36.4 Å². The molecule has 0 radical (unpaired) electrons. The van der Waals surface area contributed by atoms with Crippen molar-refractivity contribution in [1.29, 1.82) is 0 Å². The molecule has 3 heteroatoms. The lowest BCUT2D eigenvalue weighted by atomic mass is 10.0. The van der Waals surface area contributed by atoms with Crippen LogP contribution in [0.2, 0.25) is 5.02 Å². The number of amides is 1. The smallest absolute Gasteiger partial charge is 0.255 e. The third kappa shape index (κ3) is 3.58. The molecule has 0 saturated heterocycles. The van der Waals surface area contributed by atoms with E-state index in [4.69, 9.17) is 11.6 Å². The van der Waals surface area contributed by atoms with Crippen LogP contribution in [0.5, 0.6) is 0 Å². The van der Waals surface area contributed by atoms with Crippen LogP contribution in [0.15, 0.2) is 48.5 Å². The molecule has 0 bridgehead atoms. The van der Waals surface area contributed by atoms with Gasteiger partial charge in [-0.25, -0.2) is 0 Å². The molecule has 0 aromatic heterocycles. The molecule has 0 heterocycles. The predicted molar refractivity (Wildman–Crippen MR) is 79.8 cm³/mol. The maximum Gasteiger partial charge on any atom is 0.255 e. The summed E-state index contributed by atoms with van der Waals surface area (Å²) in [6, 6.07) is 14.8. The molecule has 0 fully saturated rings. The molecule has 0 aliphatic heterocycles. The van der Waals surface area contributed by atoms with Crippen LogP contribution < -0.4 is 5.32 Å². The van der Waals surface area contributed by atoms with Crippen LogP contribution in [0.3, 0.4) is 0 Å². The van der Waals surface area contributed by atoms with Gasteiger partial charge in [0.2, 0.25) is 0 Å². The molecule has 2 nitrogen and oxygen atoms in total. The van der Waals surface area contributed by atoms with E-state index in [1.54, 1.807) is 12.1 Å².